The van der Waals surface area contributed by atoms with Crippen LogP contribution in [-0.4, -0.2) is 15.5 Å². The summed E-state index contributed by atoms with van der Waals surface area (Å²) in [5.74, 6) is -0.767. The van der Waals surface area contributed by atoms with Gasteiger partial charge < -0.3 is 5.11 Å². The molecule has 0 spiro atoms. The van der Waals surface area contributed by atoms with Crippen LogP contribution >= 0.6 is 0 Å². The molecule has 0 aliphatic heterocycles. The molecule has 0 radical (unpaired) electrons. The van der Waals surface area contributed by atoms with Crippen LogP contribution in [0.4, 0.5) is 0 Å². The molecule has 1 heterocycles. The Bertz CT molecular complexity index is 830. The van der Waals surface area contributed by atoms with E-state index in [1.807, 2.05) is 13.0 Å². The zero-order chi connectivity index (χ0) is 17.0. The standard InChI is InChI=1S/C18H18N2O3/c1-3-4-10-20-17(22)14(11-19)12(2)15(18(20)23)16(21)13-8-6-5-7-9-13/h5-9,23H,3-4,10H2,1-2H3. The molecule has 0 bridgehead atoms. The fourth-order valence-electron chi connectivity index (χ4n) is 2.48. The number of carbonyl (C=O) groups excluding carboxylic acids is 1. The first kappa shape index (κ1) is 16.5. The lowest BCUT2D eigenvalue weighted by atomic mass is 9.97. The molecule has 1 N–H and O–H groups in total. The average Bonchev–Trinajstić information content (AvgIpc) is 2.56. The second kappa shape index (κ2) is 6.93. The fraction of sp³-hybridized carbons (Fsp3) is 0.278. The van der Waals surface area contributed by atoms with Crippen LogP contribution in [0.25, 0.3) is 0 Å². The quantitative estimate of drug-likeness (QED) is 0.861. The van der Waals surface area contributed by atoms with Gasteiger partial charge in [-0.05, 0) is 18.9 Å². The van der Waals surface area contributed by atoms with Gasteiger partial charge in [-0.2, -0.15) is 5.26 Å². The van der Waals surface area contributed by atoms with Crippen molar-refractivity contribution in [2.45, 2.75) is 33.2 Å². The van der Waals surface area contributed by atoms with Crippen molar-refractivity contribution in [1.29, 1.82) is 5.26 Å². The lowest BCUT2D eigenvalue weighted by Crippen LogP contribution is -2.26. The zero-order valence-corrected chi connectivity index (χ0v) is 13.2. The third kappa shape index (κ3) is 3.02. The first-order chi connectivity index (χ1) is 11.0. The summed E-state index contributed by atoms with van der Waals surface area (Å²) in [5, 5.41) is 19.7. The monoisotopic (exact) mass is 310 g/mol. The minimum Gasteiger partial charge on any atom is -0.494 e. The van der Waals surface area contributed by atoms with Crippen molar-refractivity contribution in [1.82, 2.24) is 4.57 Å². The highest BCUT2D eigenvalue weighted by atomic mass is 16.3. The SMILES string of the molecule is CCCCn1c(O)c(C(=O)c2ccccc2)c(C)c(C#N)c1=O. The number of aromatic nitrogens is 1. The first-order valence-corrected chi connectivity index (χ1v) is 7.49. The van der Waals surface area contributed by atoms with Gasteiger partial charge in [0.25, 0.3) is 5.56 Å². The summed E-state index contributed by atoms with van der Waals surface area (Å²) in [6.07, 6.45) is 1.49. The Morgan fingerprint density at radius 2 is 1.96 bits per heavy atom. The molecule has 23 heavy (non-hydrogen) atoms. The number of aromatic hydroxyl groups is 1. The molecule has 0 aliphatic rings. The molecule has 0 aliphatic carbocycles. The van der Waals surface area contributed by atoms with E-state index in [2.05, 4.69) is 0 Å². The Kier molecular flexibility index (Phi) is 4.97. The van der Waals surface area contributed by atoms with Crippen LogP contribution in [0, 0.1) is 18.3 Å². The van der Waals surface area contributed by atoms with E-state index >= 15 is 0 Å². The number of pyridine rings is 1. The fourth-order valence-corrected chi connectivity index (χ4v) is 2.48. The third-order valence-electron chi connectivity index (χ3n) is 3.80. The molecule has 0 unspecified atom stereocenters. The van der Waals surface area contributed by atoms with Crippen molar-refractivity contribution in [3.8, 4) is 11.9 Å². The van der Waals surface area contributed by atoms with Gasteiger partial charge in [0.2, 0.25) is 5.88 Å². The van der Waals surface area contributed by atoms with Crippen LogP contribution in [0.1, 0.15) is 46.8 Å². The third-order valence-corrected chi connectivity index (χ3v) is 3.80. The molecule has 2 rings (SSSR count). The van der Waals surface area contributed by atoms with E-state index in [1.165, 1.54) is 6.92 Å². The summed E-state index contributed by atoms with van der Waals surface area (Å²) in [4.78, 5) is 25.0. The normalized spacial score (nSPS) is 10.3. The van der Waals surface area contributed by atoms with Crippen LogP contribution < -0.4 is 5.56 Å². The van der Waals surface area contributed by atoms with Crippen LogP contribution in [-0.2, 0) is 6.54 Å². The maximum atomic E-state index is 12.7. The topological polar surface area (TPSA) is 83.1 Å². The number of carbonyl (C=O) groups is 1. The van der Waals surface area contributed by atoms with Gasteiger partial charge >= 0.3 is 0 Å². The van der Waals surface area contributed by atoms with E-state index in [0.29, 0.717) is 12.0 Å². The van der Waals surface area contributed by atoms with Gasteiger partial charge in [0.05, 0.1) is 5.56 Å². The second-order valence-electron chi connectivity index (χ2n) is 5.32. The lowest BCUT2D eigenvalue weighted by Gasteiger charge is -2.15. The molecular weight excluding hydrogens is 292 g/mol. The van der Waals surface area contributed by atoms with Crippen molar-refractivity contribution < 1.29 is 9.90 Å². The highest BCUT2D eigenvalue weighted by Gasteiger charge is 2.24. The maximum Gasteiger partial charge on any atom is 0.271 e. The molecule has 1 aromatic carbocycles. The smallest absolute Gasteiger partial charge is 0.271 e. The number of unbranched alkanes of at least 4 members (excludes halogenated alkanes) is 1. The highest BCUT2D eigenvalue weighted by molar-refractivity contribution is 6.11. The van der Waals surface area contributed by atoms with Gasteiger partial charge in [-0.25, -0.2) is 0 Å². The van der Waals surface area contributed by atoms with Crippen LogP contribution in [0.5, 0.6) is 5.88 Å². The minimum absolute atomic E-state index is 0.0171. The Morgan fingerprint density at radius 1 is 1.30 bits per heavy atom. The van der Waals surface area contributed by atoms with Crippen LogP contribution in [0.15, 0.2) is 35.1 Å². The number of rotatable bonds is 5. The summed E-state index contributed by atoms with van der Waals surface area (Å²) in [5.41, 5.74) is -0.0192. The van der Waals surface area contributed by atoms with Crippen molar-refractivity contribution in [3.05, 3.63) is 62.9 Å². The van der Waals surface area contributed by atoms with Gasteiger partial charge in [0.1, 0.15) is 11.6 Å². The van der Waals surface area contributed by atoms with E-state index in [4.69, 9.17) is 0 Å². The maximum absolute atomic E-state index is 12.7. The van der Waals surface area contributed by atoms with Crippen LogP contribution in [0.2, 0.25) is 0 Å². The minimum atomic E-state index is -0.555. The van der Waals surface area contributed by atoms with E-state index in [9.17, 15) is 20.0 Å². The molecule has 1 aromatic heterocycles. The van der Waals surface area contributed by atoms with Gasteiger partial charge in [0, 0.05) is 12.1 Å². The molecular formula is C18H18N2O3. The van der Waals surface area contributed by atoms with E-state index in [-0.39, 0.29) is 29.1 Å². The predicted molar refractivity (Wildman–Crippen MR) is 86.6 cm³/mol. The number of nitriles is 1. The van der Waals surface area contributed by atoms with Crippen molar-refractivity contribution in [3.63, 3.8) is 0 Å². The Hall–Kier alpha value is -2.87. The van der Waals surface area contributed by atoms with E-state index in [0.717, 1.165) is 11.0 Å². The number of hydrogen-bond acceptors (Lipinski definition) is 4. The lowest BCUT2D eigenvalue weighted by molar-refractivity contribution is 0.103. The predicted octanol–water partition coefficient (Wildman–Crippen LogP) is 2.77. The second-order valence-corrected chi connectivity index (χ2v) is 5.32. The summed E-state index contributed by atoms with van der Waals surface area (Å²) in [7, 11) is 0. The number of nitrogens with zero attached hydrogens (tertiary/aromatic N) is 2. The van der Waals surface area contributed by atoms with Gasteiger partial charge in [-0.3, -0.25) is 14.2 Å². The number of hydrogen-bond donors (Lipinski definition) is 1. The summed E-state index contributed by atoms with van der Waals surface area (Å²) in [6, 6.07) is 10.3. The average molecular weight is 310 g/mol. The Labute approximate surface area is 134 Å². The van der Waals surface area contributed by atoms with E-state index in [1.54, 1.807) is 30.3 Å². The molecule has 5 nitrogen and oxygen atoms in total. The van der Waals surface area contributed by atoms with Gasteiger partial charge in [0.15, 0.2) is 5.78 Å². The molecule has 2 aromatic rings. The van der Waals surface area contributed by atoms with Crippen LogP contribution in [0.3, 0.4) is 0 Å². The number of ketones is 1. The van der Waals surface area contributed by atoms with E-state index < -0.39 is 11.3 Å². The van der Waals surface area contributed by atoms with Crippen molar-refractivity contribution in [2.24, 2.45) is 0 Å². The van der Waals surface area contributed by atoms with Gasteiger partial charge in [-0.15, -0.1) is 0 Å². The first-order valence-electron chi connectivity index (χ1n) is 7.49. The highest BCUT2D eigenvalue weighted by Crippen LogP contribution is 2.25. The van der Waals surface area contributed by atoms with Crippen molar-refractivity contribution >= 4 is 5.78 Å². The largest absolute Gasteiger partial charge is 0.494 e. The molecule has 0 fully saturated rings. The molecule has 0 saturated carbocycles. The molecule has 0 saturated heterocycles. The summed E-state index contributed by atoms with van der Waals surface area (Å²) < 4.78 is 1.12. The Morgan fingerprint density at radius 3 is 2.52 bits per heavy atom. The summed E-state index contributed by atoms with van der Waals surface area (Å²) >= 11 is 0. The molecule has 0 amide bonds. The molecule has 118 valence electrons. The molecule has 0 atom stereocenters. The van der Waals surface area contributed by atoms with Crippen molar-refractivity contribution in [2.75, 3.05) is 0 Å². The summed E-state index contributed by atoms with van der Waals surface area (Å²) in [6.45, 7) is 3.74. The Balaban J connectivity index is 2.71. The zero-order valence-electron chi connectivity index (χ0n) is 13.2. The van der Waals surface area contributed by atoms with Gasteiger partial charge in [-0.1, -0.05) is 43.7 Å². The molecule has 5 heteroatoms. The number of benzene rings is 1.